The Balaban J connectivity index is 2.02. The number of nitrogens with zero attached hydrogens (tertiary/aromatic N) is 1. The van der Waals surface area contributed by atoms with Crippen molar-refractivity contribution in [2.75, 3.05) is 13.2 Å². The lowest BCUT2D eigenvalue weighted by atomic mass is 9.95. The van der Waals surface area contributed by atoms with Gasteiger partial charge in [0, 0.05) is 5.56 Å². The van der Waals surface area contributed by atoms with E-state index in [-0.39, 0.29) is 17.9 Å². The molecule has 1 atom stereocenters. The van der Waals surface area contributed by atoms with Gasteiger partial charge in [0.05, 0.1) is 21.5 Å². The number of hydrogen-bond acceptors (Lipinski definition) is 5. The Morgan fingerprint density at radius 2 is 2.14 bits per heavy atom. The predicted molar refractivity (Wildman–Crippen MR) is 106 cm³/mol. The van der Waals surface area contributed by atoms with E-state index in [1.54, 1.807) is 19.1 Å². The number of carbonyl (C=O) groups is 1. The number of ether oxygens (including phenoxy) is 2. The van der Waals surface area contributed by atoms with Crippen molar-refractivity contribution in [3.63, 3.8) is 0 Å². The van der Waals surface area contributed by atoms with Gasteiger partial charge in [-0.3, -0.25) is 9.63 Å². The molecule has 1 unspecified atom stereocenters. The van der Waals surface area contributed by atoms with E-state index in [1.165, 1.54) is 0 Å². The Kier molecular flexibility index (Phi) is 6.67. The quantitative estimate of drug-likeness (QED) is 0.298. The van der Waals surface area contributed by atoms with Crippen molar-refractivity contribution in [3.8, 4) is 5.75 Å². The minimum absolute atomic E-state index is 0.263. The van der Waals surface area contributed by atoms with Gasteiger partial charge in [-0.1, -0.05) is 18.3 Å². The molecule has 9 heteroatoms. The molecule has 1 fully saturated rings. The summed E-state index contributed by atoms with van der Waals surface area (Å²) in [5.74, 6) is 0.864. The van der Waals surface area contributed by atoms with E-state index >= 15 is 0 Å². The lowest BCUT2D eigenvalue weighted by Gasteiger charge is -2.18. The number of alkyl halides is 2. The first-order valence-electron chi connectivity index (χ1n) is 8.92. The number of benzene rings is 1. The van der Waals surface area contributed by atoms with Gasteiger partial charge in [0.25, 0.3) is 6.43 Å². The van der Waals surface area contributed by atoms with Crippen LogP contribution in [0, 0.1) is 12.8 Å². The highest BCUT2D eigenvalue weighted by atomic mass is 79.9. The van der Waals surface area contributed by atoms with E-state index in [0.29, 0.717) is 44.8 Å². The van der Waals surface area contributed by atoms with E-state index in [0.717, 1.165) is 17.9 Å². The van der Waals surface area contributed by atoms with Gasteiger partial charge in [0.15, 0.2) is 0 Å². The lowest BCUT2D eigenvalue weighted by Crippen LogP contribution is -2.22. The van der Waals surface area contributed by atoms with Crippen LogP contribution in [0.15, 0.2) is 28.1 Å². The minimum Gasteiger partial charge on any atom is -0.486 e. The number of hydrogen-bond donors (Lipinski definition) is 0. The maximum atomic E-state index is 12.6. The van der Waals surface area contributed by atoms with Gasteiger partial charge >= 0.3 is 0 Å². The highest BCUT2D eigenvalue weighted by Gasteiger charge is 2.46. The topological polar surface area (TPSA) is 48.0 Å². The van der Waals surface area contributed by atoms with Gasteiger partial charge in [-0.2, -0.15) is 5.06 Å². The second-order valence-electron chi connectivity index (χ2n) is 6.53. The zero-order chi connectivity index (χ0) is 20.4. The normalized spacial score (nSPS) is 19.4. The van der Waals surface area contributed by atoms with Crippen molar-refractivity contribution in [1.82, 2.24) is 5.06 Å². The van der Waals surface area contributed by atoms with Gasteiger partial charge in [0.2, 0.25) is 12.3 Å². The second kappa shape index (κ2) is 8.84. The van der Waals surface area contributed by atoms with Crippen LogP contribution in [0.4, 0.5) is 8.78 Å². The molecule has 0 radical (unpaired) electrons. The first-order chi connectivity index (χ1) is 13.4. The summed E-state index contributed by atoms with van der Waals surface area (Å²) < 4.78 is 36.7. The highest BCUT2D eigenvalue weighted by Crippen LogP contribution is 2.44. The molecule has 1 aromatic carbocycles. The van der Waals surface area contributed by atoms with Crippen molar-refractivity contribution in [3.05, 3.63) is 39.2 Å². The van der Waals surface area contributed by atoms with Gasteiger partial charge in [-0.25, -0.2) is 8.78 Å². The number of rotatable bonds is 9. The molecular weight excluding hydrogens is 456 g/mol. The summed E-state index contributed by atoms with van der Waals surface area (Å²) in [5, 5.41) is 1.08. The van der Waals surface area contributed by atoms with E-state index in [9.17, 15) is 13.6 Å². The number of amides is 1. The fraction of sp³-hybridized carbons (Fsp3) is 0.474. The molecular formula is C19H20BrF2NO4S. The molecule has 5 nitrogen and oxygen atoms in total. The maximum absolute atomic E-state index is 12.6. The SMILES string of the molecule is CCOC1=C(C(=S)c2ccc(Br)c(OCC(F)F)c2C)C(C2CC2)ON1C=O. The molecule has 1 heterocycles. The van der Waals surface area contributed by atoms with Crippen LogP contribution >= 0.6 is 28.1 Å². The summed E-state index contributed by atoms with van der Waals surface area (Å²) in [6.45, 7) is 3.19. The van der Waals surface area contributed by atoms with E-state index in [2.05, 4.69) is 15.9 Å². The van der Waals surface area contributed by atoms with Crippen molar-refractivity contribution in [1.29, 1.82) is 0 Å². The Bertz CT molecular complexity index is 813. The molecule has 1 aliphatic carbocycles. The number of hydroxylamine groups is 2. The molecule has 152 valence electrons. The zero-order valence-electron chi connectivity index (χ0n) is 15.4. The molecule has 1 aliphatic heterocycles. The first kappa shape index (κ1) is 21.1. The monoisotopic (exact) mass is 475 g/mol. The summed E-state index contributed by atoms with van der Waals surface area (Å²) in [6, 6.07) is 3.50. The third kappa shape index (κ3) is 4.21. The highest BCUT2D eigenvalue weighted by molar-refractivity contribution is 9.10. The van der Waals surface area contributed by atoms with Crippen LogP contribution in [-0.2, 0) is 14.4 Å². The van der Waals surface area contributed by atoms with Crippen molar-refractivity contribution in [2.45, 2.75) is 39.2 Å². The lowest BCUT2D eigenvalue weighted by molar-refractivity contribution is -0.176. The molecule has 1 aromatic rings. The summed E-state index contributed by atoms with van der Waals surface area (Å²) in [5.41, 5.74) is 1.91. The summed E-state index contributed by atoms with van der Waals surface area (Å²) in [7, 11) is 0. The van der Waals surface area contributed by atoms with Crippen LogP contribution in [0.1, 0.15) is 30.9 Å². The van der Waals surface area contributed by atoms with Crippen molar-refractivity contribution in [2.24, 2.45) is 5.92 Å². The maximum Gasteiger partial charge on any atom is 0.272 e. The molecule has 0 bridgehead atoms. The van der Waals surface area contributed by atoms with Crippen LogP contribution in [0.5, 0.6) is 5.75 Å². The average Bonchev–Trinajstić information content (AvgIpc) is 3.43. The summed E-state index contributed by atoms with van der Waals surface area (Å²) in [4.78, 5) is 17.7. The fourth-order valence-corrected chi connectivity index (χ4v) is 4.10. The molecule has 28 heavy (non-hydrogen) atoms. The van der Waals surface area contributed by atoms with E-state index in [1.807, 2.05) is 6.92 Å². The molecule has 1 saturated carbocycles. The first-order valence-corrected chi connectivity index (χ1v) is 10.1. The molecule has 0 aromatic heterocycles. The standard InChI is InChI=1S/C19H20BrF2NO4S/c1-3-25-19-15(17(11-4-5-11)27-23(19)9-24)18(28)12-6-7-13(20)16(10(12)2)26-8-14(21)22/h6-7,9,11,14,17H,3-5,8H2,1-2H3. The van der Waals surface area contributed by atoms with Gasteiger partial charge in [-0.15, -0.1) is 0 Å². The molecule has 0 N–H and O–H groups in total. The number of halogens is 3. The molecule has 2 aliphatic rings. The van der Waals surface area contributed by atoms with Crippen LogP contribution in [0.3, 0.4) is 0 Å². The van der Waals surface area contributed by atoms with Crippen LogP contribution < -0.4 is 4.74 Å². The van der Waals surface area contributed by atoms with Crippen molar-refractivity contribution >= 4 is 39.4 Å². The van der Waals surface area contributed by atoms with Crippen LogP contribution in [-0.4, -0.2) is 42.1 Å². The summed E-state index contributed by atoms with van der Waals surface area (Å²) >= 11 is 9.08. The van der Waals surface area contributed by atoms with E-state index < -0.39 is 13.0 Å². The molecule has 0 spiro atoms. The Morgan fingerprint density at radius 1 is 1.43 bits per heavy atom. The van der Waals surface area contributed by atoms with Gasteiger partial charge in [0.1, 0.15) is 18.5 Å². The fourth-order valence-electron chi connectivity index (χ4n) is 3.13. The van der Waals surface area contributed by atoms with Crippen molar-refractivity contribution < 1.29 is 27.9 Å². The molecule has 1 amide bonds. The Morgan fingerprint density at radius 3 is 2.71 bits per heavy atom. The molecule has 3 rings (SSSR count). The third-order valence-corrected chi connectivity index (χ3v) is 5.63. The second-order valence-corrected chi connectivity index (χ2v) is 7.79. The number of carbonyl (C=O) groups excluding carboxylic acids is 1. The summed E-state index contributed by atoms with van der Waals surface area (Å²) in [6.07, 6.45) is -0.442. The largest absolute Gasteiger partial charge is 0.486 e. The van der Waals surface area contributed by atoms with Crippen LogP contribution in [0.2, 0.25) is 0 Å². The average molecular weight is 476 g/mol. The Labute approximate surface area is 175 Å². The predicted octanol–water partition coefficient (Wildman–Crippen LogP) is 4.55. The van der Waals surface area contributed by atoms with Gasteiger partial charge < -0.3 is 9.47 Å². The minimum atomic E-state index is -2.59. The van der Waals surface area contributed by atoms with E-state index in [4.69, 9.17) is 26.5 Å². The zero-order valence-corrected chi connectivity index (χ0v) is 17.8. The third-order valence-electron chi connectivity index (χ3n) is 4.57. The number of thiocarbonyl (C=S) groups is 1. The van der Waals surface area contributed by atoms with Crippen LogP contribution in [0.25, 0.3) is 0 Å². The Hall–Kier alpha value is -1.58. The smallest absolute Gasteiger partial charge is 0.272 e. The molecule has 0 saturated heterocycles. The van der Waals surface area contributed by atoms with Gasteiger partial charge in [-0.05, 0) is 60.2 Å².